The Kier molecular flexibility index (Phi) is 4.49. The number of carboxylic acid groups (broad SMARTS) is 1. The fourth-order valence-electron chi connectivity index (χ4n) is 2.84. The van der Waals surface area contributed by atoms with Gasteiger partial charge < -0.3 is 24.7 Å². The number of hydrogen-bond acceptors (Lipinski definition) is 4. The Labute approximate surface area is 118 Å². The molecule has 0 radical (unpaired) electrons. The molecular weight excluding hydrogens is 264 g/mol. The van der Waals surface area contributed by atoms with Crippen LogP contribution in [0.25, 0.3) is 0 Å². The minimum absolute atomic E-state index is 0.0362. The predicted molar refractivity (Wildman–Crippen MR) is 70.3 cm³/mol. The first-order chi connectivity index (χ1) is 9.43. The van der Waals surface area contributed by atoms with Gasteiger partial charge in [0.25, 0.3) is 0 Å². The molecule has 4 atom stereocenters. The molecule has 2 N–H and O–H groups in total. The van der Waals surface area contributed by atoms with E-state index in [4.69, 9.17) is 4.74 Å². The highest BCUT2D eigenvalue weighted by molar-refractivity contribution is 5.83. The largest absolute Gasteiger partial charge is 0.480 e. The molecule has 2 heterocycles. The SMILES string of the molecule is CCC1COC(C)CN1C(=O)N1C[C@H](O)C[C@@H]1C(=O)O. The fourth-order valence-corrected chi connectivity index (χ4v) is 2.84. The molecule has 2 unspecified atom stereocenters. The van der Waals surface area contributed by atoms with Crippen molar-refractivity contribution >= 4 is 12.0 Å². The number of hydrogen-bond donors (Lipinski definition) is 2. The van der Waals surface area contributed by atoms with Crippen LogP contribution in [0, 0.1) is 0 Å². The maximum atomic E-state index is 12.6. The number of carboxylic acids is 1. The zero-order valence-electron chi connectivity index (χ0n) is 11.9. The maximum absolute atomic E-state index is 12.6. The van der Waals surface area contributed by atoms with Crippen molar-refractivity contribution in [1.29, 1.82) is 0 Å². The molecule has 0 aromatic carbocycles. The standard InChI is InChI=1S/C13H22N2O5/c1-3-9-7-20-8(2)5-14(9)13(19)15-6-10(16)4-11(15)12(17)18/h8-11,16H,3-7H2,1-2H3,(H,17,18)/t8?,9?,10-,11-/m1/s1. The van der Waals surface area contributed by atoms with Crippen LogP contribution in [-0.2, 0) is 9.53 Å². The first kappa shape index (κ1) is 15.1. The number of rotatable bonds is 2. The topological polar surface area (TPSA) is 90.3 Å². The van der Waals surface area contributed by atoms with E-state index in [9.17, 15) is 19.8 Å². The van der Waals surface area contributed by atoms with Crippen molar-refractivity contribution < 1.29 is 24.5 Å². The molecule has 2 amide bonds. The number of aliphatic carboxylic acids is 1. The number of likely N-dealkylation sites (tertiary alicyclic amines) is 1. The van der Waals surface area contributed by atoms with Crippen molar-refractivity contribution in [2.75, 3.05) is 19.7 Å². The molecule has 2 fully saturated rings. The fraction of sp³-hybridized carbons (Fsp3) is 0.846. The zero-order chi connectivity index (χ0) is 14.9. The number of β-amino-alcohol motifs (C(OH)–C–C–N with tert-alkyl or cyclic N) is 1. The van der Waals surface area contributed by atoms with Gasteiger partial charge in [0.05, 0.1) is 24.9 Å². The van der Waals surface area contributed by atoms with E-state index >= 15 is 0 Å². The molecule has 0 aromatic heterocycles. The third kappa shape index (κ3) is 2.88. The molecule has 7 heteroatoms. The van der Waals surface area contributed by atoms with E-state index < -0.39 is 18.1 Å². The predicted octanol–water partition coefficient (Wildman–Crippen LogP) is 0.125. The van der Waals surface area contributed by atoms with Crippen LogP contribution in [-0.4, -0.2) is 76.0 Å². The zero-order valence-corrected chi connectivity index (χ0v) is 11.9. The highest BCUT2D eigenvalue weighted by Crippen LogP contribution is 2.23. The summed E-state index contributed by atoms with van der Waals surface area (Å²) in [6, 6.07) is -1.28. The third-order valence-electron chi connectivity index (χ3n) is 3.99. The van der Waals surface area contributed by atoms with Gasteiger partial charge in [-0.05, 0) is 13.3 Å². The monoisotopic (exact) mass is 286 g/mol. The average Bonchev–Trinajstić information content (AvgIpc) is 2.80. The summed E-state index contributed by atoms with van der Waals surface area (Å²) in [4.78, 5) is 26.8. The number of ether oxygens (including phenoxy) is 1. The van der Waals surface area contributed by atoms with Crippen molar-refractivity contribution in [3.05, 3.63) is 0 Å². The van der Waals surface area contributed by atoms with E-state index in [-0.39, 0.29) is 31.1 Å². The van der Waals surface area contributed by atoms with Gasteiger partial charge in [0.15, 0.2) is 0 Å². The molecule has 0 saturated carbocycles. The van der Waals surface area contributed by atoms with E-state index in [1.165, 1.54) is 4.90 Å². The minimum atomic E-state index is -1.07. The molecule has 0 aliphatic carbocycles. The van der Waals surface area contributed by atoms with Crippen LogP contribution < -0.4 is 0 Å². The van der Waals surface area contributed by atoms with Crippen LogP contribution in [0.15, 0.2) is 0 Å². The quantitative estimate of drug-likeness (QED) is 0.753. The summed E-state index contributed by atoms with van der Waals surface area (Å²) in [5.74, 6) is -1.07. The Morgan fingerprint density at radius 3 is 2.60 bits per heavy atom. The van der Waals surface area contributed by atoms with Gasteiger partial charge in [-0.2, -0.15) is 0 Å². The van der Waals surface area contributed by atoms with Crippen molar-refractivity contribution in [1.82, 2.24) is 9.80 Å². The van der Waals surface area contributed by atoms with Crippen molar-refractivity contribution in [2.24, 2.45) is 0 Å². The van der Waals surface area contributed by atoms with Crippen LogP contribution in [0.4, 0.5) is 4.79 Å². The highest BCUT2D eigenvalue weighted by atomic mass is 16.5. The van der Waals surface area contributed by atoms with Crippen LogP contribution in [0.5, 0.6) is 0 Å². The van der Waals surface area contributed by atoms with Crippen molar-refractivity contribution in [3.8, 4) is 0 Å². The van der Waals surface area contributed by atoms with Crippen LogP contribution in [0.2, 0.25) is 0 Å². The van der Waals surface area contributed by atoms with Crippen LogP contribution in [0.1, 0.15) is 26.7 Å². The summed E-state index contributed by atoms with van der Waals surface area (Å²) >= 11 is 0. The van der Waals surface area contributed by atoms with Gasteiger partial charge in [-0.1, -0.05) is 6.92 Å². The number of aliphatic hydroxyl groups is 1. The Morgan fingerprint density at radius 1 is 1.30 bits per heavy atom. The first-order valence-electron chi connectivity index (χ1n) is 7.03. The second-order valence-corrected chi connectivity index (χ2v) is 5.54. The Bertz CT molecular complexity index is 389. The van der Waals surface area contributed by atoms with Crippen LogP contribution in [0.3, 0.4) is 0 Å². The smallest absolute Gasteiger partial charge is 0.326 e. The lowest BCUT2D eigenvalue weighted by atomic mass is 10.1. The normalized spacial score (nSPS) is 34.4. The van der Waals surface area contributed by atoms with E-state index in [0.29, 0.717) is 13.2 Å². The molecule has 0 spiro atoms. The maximum Gasteiger partial charge on any atom is 0.326 e. The Balaban J connectivity index is 2.13. The molecule has 0 aromatic rings. The number of urea groups is 1. The second-order valence-electron chi connectivity index (χ2n) is 5.54. The Hall–Kier alpha value is -1.34. The summed E-state index contributed by atoms with van der Waals surface area (Å²) in [6.45, 7) is 4.86. The number of carbonyl (C=O) groups excluding carboxylic acids is 1. The van der Waals surface area contributed by atoms with Gasteiger partial charge in [0, 0.05) is 19.5 Å². The molecule has 20 heavy (non-hydrogen) atoms. The molecule has 7 nitrogen and oxygen atoms in total. The molecule has 2 aliphatic heterocycles. The van der Waals surface area contributed by atoms with Gasteiger partial charge >= 0.3 is 12.0 Å². The summed E-state index contributed by atoms with van der Waals surface area (Å²) in [6.07, 6.45) is 0.0285. The second kappa shape index (κ2) is 5.97. The number of morpholine rings is 1. The number of aliphatic hydroxyl groups excluding tert-OH is 1. The van der Waals surface area contributed by atoms with Gasteiger partial charge in [0.2, 0.25) is 0 Å². The van der Waals surface area contributed by atoms with E-state index in [0.717, 1.165) is 6.42 Å². The van der Waals surface area contributed by atoms with Crippen molar-refractivity contribution in [3.63, 3.8) is 0 Å². The summed E-state index contributed by atoms with van der Waals surface area (Å²) in [5, 5.41) is 18.8. The van der Waals surface area contributed by atoms with Crippen molar-refractivity contribution in [2.45, 2.75) is 51.0 Å². The van der Waals surface area contributed by atoms with Gasteiger partial charge in [-0.25, -0.2) is 9.59 Å². The number of amides is 2. The highest BCUT2D eigenvalue weighted by Gasteiger charge is 2.42. The van der Waals surface area contributed by atoms with Gasteiger partial charge in [-0.15, -0.1) is 0 Å². The number of carbonyl (C=O) groups is 2. The molecule has 2 aliphatic rings. The lowest BCUT2D eigenvalue weighted by Crippen LogP contribution is -2.57. The molecule has 2 saturated heterocycles. The molecule has 2 rings (SSSR count). The summed E-state index contributed by atoms with van der Waals surface area (Å²) in [5.41, 5.74) is 0. The molecule has 0 bridgehead atoms. The minimum Gasteiger partial charge on any atom is -0.480 e. The first-order valence-corrected chi connectivity index (χ1v) is 7.03. The molecule has 114 valence electrons. The average molecular weight is 286 g/mol. The van der Waals surface area contributed by atoms with E-state index in [2.05, 4.69) is 0 Å². The third-order valence-corrected chi connectivity index (χ3v) is 3.99. The Morgan fingerprint density at radius 2 is 2.00 bits per heavy atom. The van der Waals surface area contributed by atoms with E-state index in [1.807, 2.05) is 13.8 Å². The lowest BCUT2D eigenvalue weighted by Gasteiger charge is -2.40. The summed E-state index contributed by atoms with van der Waals surface area (Å²) < 4.78 is 5.54. The molecular formula is C13H22N2O5. The number of nitrogens with zero attached hydrogens (tertiary/aromatic N) is 2. The van der Waals surface area contributed by atoms with Gasteiger partial charge in [0.1, 0.15) is 6.04 Å². The van der Waals surface area contributed by atoms with Gasteiger partial charge in [-0.3, -0.25) is 0 Å². The lowest BCUT2D eigenvalue weighted by molar-refractivity contribution is -0.141. The van der Waals surface area contributed by atoms with E-state index in [1.54, 1.807) is 4.90 Å². The summed E-state index contributed by atoms with van der Waals surface area (Å²) in [7, 11) is 0. The van der Waals surface area contributed by atoms with Crippen LogP contribution >= 0.6 is 0 Å².